The van der Waals surface area contributed by atoms with Gasteiger partial charge in [0, 0.05) is 25.5 Å². The van der Waals surface area contributed by atoms with E-state index in [0.29, 0.717) is 17.1 Å². The van der Waals surface area contributed by atoms with Crippen LogP contribution in [0.1, 0.15) is 26.3 Å². The third-order valence-corrected chi connectivity index (χ3v) is 1.93. The summed E-state index contributed by atoms with van der Waals surface area (Å²) in [4.78, 5) is 21.8. The van der Waals surface area contributed by atoms with E-state index in [1.165, 1.54) is 19.9 Å². The van der Waals surface area contributed by atoms with Gasteiger partial charge in [0.15, 0.2) is 0 Å². The number of hydrogen-bond donors (Lipinski definition) is 0. The molecule has 0 saturated carbocycles. The molecule has 0 saturated heterocycles. The molecule has 1 rings (SSSR count). The molecule has 4 heteroatoms. The van der Waals surface area contributed by atoms with Crippen LogP contribution in [0.3, 0.4) is 0 Å². The lowest BCUT2D eigenvalue weighted by molar-refractivity contribution is -0.132. The molecule has 0 aliphatic heterocycles. The van der Waals surface area contributed by atoms with E-state index in [-0.39, 0.29) is 0 Å². The zero-order valence-electron chi connectivity index (χ0n) is 10.1. The summed E-state index contributed by atoms with van der Waals surface area (Å²) in [6, 6.07) is 4.81. The molecule has 90 valence electrons. The number of carbonyl (C=O) groups is 2. The van der Waals surface area contributed by atoms with Crippen LogP contribution < -0.4 is 9.47 Å². The lowest BCUT2D eigenvalue weighted by Gasteiger charge is -2.10. The highest BCUT2D eigenvalue weighted by molar-refractivity contribution is 5.76. The van der Waals surface area contributed by atoms with Gasteiger partial charge in [0.25, 0.3) is 0 Å². The van der Waals surface area contributed by atoms with Gasteiger partial charge < -0.3 is 9.47 Å². The van der Waals surface area contributed by atoms with Crippen molar-refractivity contribution < 1.29 is 19.1 Å². The first kappa shape index (κ1) is 13.0. The number of ether oxygens (including phenoxy) is 2. The van der Waals surface area contributed by atoms with E-state index in [9.17, 15) is 9.59 Å². The lowest BCUT2D eigenvalue weighted by atomic mass is 10.1. The van der Waals surface area contributed by atoms with E-state index >= 15 is 0 Å². The summed E-state index contributed by atoms with van der Waals surface area (Å²) in [5.41, 5.74) is 1.46. The first-order valence-electron chi connectivity index (χ1n) is 5.07. The molecule has 0 bridgehead atoms. The largest absolute Gasteiger partial charge is 0.427 e. The fourth-order valence-corrected chi connectivity index (χ4v) is 1.32. The van der Waals surface area contributed by atoms with E-state index in [1.54, 1.807) is 19.1 Å². The van der Waals surface area contributed by atoms with Gasteiger partial charge in [-0.3, -0.25) is 9.59 Å². The monoisotopic (exact) mass is 234 g/mol. The van der Waals surface area contributed by atoms with Gasteiger partial charge in [0.05, 0.1) is 0 Å². The maximum absolute atomic E-state index is 11.0. The number of rotatable bonds is 3. The minimum atomic E-state index is -0.438. The molecule has 0 amide bonds. The quantitative estimate of drug-likeness (QED) is 0.595. The van der Waals surface area contributed by atoms with Crippen molar-refractivity contribution in [1.82, 2.24) is 0 Å². The Morgan fingerprint density at radius 1 is 1.06 bits per heavy atom. The molecule has 0 aliphatic rings. The van der Waals surface area contributed by atoms with Gasteiger partial charge in [-0.05, 0) is 24.6 Å². The second kappa shape index (κ2) is 5.30. The number of benzene rings is 1. The SMILES string of the molecule is C=C(C)c1ccc(OC(C)=O)cc1OC(C)=O. The Hall–Kier alpha value is -2.10. The average Bonchev–Trinajstić information content (AvgIpc) is 2.15. The van der Waals surface area contributed by atoms with E-state index in [0.717, 1.165) is 5.57 Å². The van der Waals surface area contributed by atoms with Gasteiger partial charge in [0.1, 0.15) is 11.5 Å². The zero-order chi connectivity index (χ0) is 13.0. The molecule has 0 aromatic heterocycles. The Morgan fingerprint density at radius 2 is 1.65 bits per heavy atom. The van der Waals surface area contributed by atoms with Gasteiger partial charge >= 0.3 is 11.9 Å². The Balaban J connectivity index is 3.13. The van der Waals surface area contributed by atoms with Gasteiger partial charge in [-0.1, -0.05) is 6.58 Å². The highest BCUT2D eigenvalue weighted by Crippen LogP contribution is 2.29. The van der Waals surface area contributed by atoms with E-state index in [1.807, 2.05) is 0 Å². The zero-order valence-corrected chi connectivity index (χ0v) is 10.1. The summed E-state index contributed by atoms with van der Waals surface area (Å²) in [7, 11) is 0. The molecule has 0 unspecified atom stereocenters. The molecule has 0 spiro atoms. The number of carbonyl (C=O) groups excluding carboxylic acids is 2. The van der Waals surface area contributed by atoms with Crippen molar-refractivity contribution in [2.75, 3.05) is 0 Å². The number of esters is 2. The van der Waals surface area contributed by atoms with E-state index in [4.69, 9.17) is 9.47 Å². The van der Waals surface area contributed by atoms with Crippen LogP contribution in [0.4, 0.5) is 0 Å². The molecule has 0 fully saturated rings. The smallest absolute Gasteiger partial charge is 0.308 e. The topological polar surface area (TPSA) is 52.6 Å². The summed E-state index contributed by atoms with van der Waals surface area (Å²) < 4.78 is 9.95. The summed E-state index contributed by atoms with van der Waals surface area (Å²) >= 11 is 0. The highest BCUT2D eigenvalue weighted by atomic mass is 16.5. The van der Waals surface area contributed by atoms with Crippen LogP contribution in [-0.2, 0) is 9.59 Å². The van der Waals surface area contributed by atoms with Crippen molar-refractivity contribution in [2.45, 2.75) is 20.8 Å². The first-order chi connectivity index (χ1) is 7.90. The molecule has 0 heterocycles. The van der Waals surface area contributed by atoms with Crippen LogP contribution in [-0.4, -0.2) is 11.9 Å². The Labute approximate surface area is 99.8 Å². The highest BCUT2D eigenvalue weighted by Gasteiger charge is 2.10. The Morgan fingerprint density at radius 3 is 2.12 bits per heavy atom. The van der Waals surface area contributed by atoms with Crippen molar-refractivity contribution in [3.63, 3.8) is 0 Å². The van der Waals surface area contributed by atoms with E-state index in [2.05, 4.69) is 6.58 Å². The molecule has 1 aromatic rings. The fourth-order valence-electron chi connectivity index (χ4n) is 1.32. The second-order valence-corrected chi connectivity index (χ2v) is 3.63. The van der Waals surface area contributed by atoms with Crippen LogP contribution in [0.5, 0.6) is 11.5 Å². The normalized spacial score (nSPS) is 9.59. The van der Waals surface area contributed by atoms with Crippen LogP contribution in [0.25, 0.3) is 5.57 Å². The maximum Gasteiger partial charge on any atom is 0.308 e. The van der Waals surface area contributed by atoms with Gasteiger partial charge in [-0.15, -0.1) is 0 Å². The number of allylic oxidation sites excluding steroid dienone is 1. The standard InChI is InChI=1S/C13H14O4/c1-8(2)12-6-5-11(16-9(3)14)7-13(12)17-10(4)15/h5-7H,1H2,2-4H3. The van der Waals surface area contributed by atoms with Gasteiger partial charge in [-0.2, -0.15) is 0 Å². The molecule has 0 radical (unpaired) electrons. The summed E-state index contributed by atoms with van der Waals surface area (Å²) in [6.07, 6.45) is 0. The first-order valence-corrected chi connectivity index (χ1v) is 5.07. The Kier molecular flexibility index (Phi) is 4.04. The third-order valence-electron chi connectivity index (χ3n) is 1.93. The van der Waals surface area contributed by atoms with Crippen molar-refractivity contribution >= 4 is 17.5 Å². The summed E-state index contributed by atoms with van der Waals surface area (Å²) in [5.74, 6) is -0.197. The van der Waals surface area contributed by atoms with Crippen molar-refractivity contribution in [2.24, 2.45) is 0 Å². The van der Waals surface area contributed by atoms with Gasteiger partial charge in [-0.25, -0.2) is 0 Å². The predicted molar refractivity (Wildman–Crippen MR) is 63.8 cm³/mol. The number of hydrogen-bond acceptors (Lipinski definition) is 4. The molecule has 1 aromatic carbocycles. The van der Waals surface area contributed by atoms with Crippen LogP contribution in [0, 0.1) is 0 Å². The molecule has 0 N–H and O–H groups in total. The average molecular weight is 234 g/mol. The summed E-state index contributed by atoms with van der Waals surface area (Å²) in [6.45, 7) is 8.19. The molecule has 4 nitrogen and oxygen atoms in total. The second-order valence-electron chi connectivity index (χ2n) is 3.63. The van der Waals surface area contributed by atoms with Crippen LogP contribution in [0.15, 0.2) is 24.8 Å². The van der Waals surface area contributed by atoms with Crippen LogP contribution >= 0.6 is 0 Å². The fraction of sp³-hybridized carbons (Fsp3) is 0.231. The minimum absolute atomic E-state index is 0.332. The summed E-state index contributed by atoms with van der Waals surface area (Å²) in [5, 5.41) is 0. The van der Waals surface area contributed by atoms with Crippen molar-refractivity contribution in [1.29, 1.82) is 0 Å². The Bertz CT molecular complexity index is 474. The van der Waals surface area contributed by atoms with Crippen molar-refractivity contribution in [3.8, 4) is 11.5 Å². The third kappa shape index (κ3) is 3.75. The molecule has 0 aliphatic carbocycles. The minimum Gasteiger partial charge on any atom is -0.427 e. The van der Waals surface area contributed by atoms with Crippen LogP contribution in [0.2, 0.25) is 0 Å². The van der Waals surface area contributed by atoms with Crippen molar-refractivity contribution in [3.05, 3.63) is 30.3 Å². The molecule has 0 atom stereocenters. The molecule has 17 heavy (non-hydrogen) atoms. The maximum atomic E-state index is 11.0. The van der Waals surface area contributed by atoms with E-state index < -0.39 is 11.9 Å². The van der Waals surface area contributed by atoms with Gasteiger partial charge in [0.2, 0.25) is 0 Å². The molecular formula is C13H14O4. The lowest BCUT2D eigenvalue weighted by Crippen LogP contribution is -2.05. The molecular weight excluding hydrogens is 220 g/mol. The predicted octanol–water partition coefficient (Wildman–Crippen LogP) is 2.57.